The molecule has 1 aliphatic rings. The highest BCUT2D eigenvalue weighted by Crippen LogP contribution is 2.20. The van der Waals surface area contributed by atoms with E-state index in [9.17, 15) is 4.79 Å². The smallest absolute Gasteiger partial charge is 0.322 e. The molecule has 2 N–H and O–H groups in total. The van der Waals surface area contributed by atoms with E-state index < -0.39 is 0 Å². The molecule has 1 atom stereocenters. The first-order valence-electron chi connectivity index (χ1n) is 6.89. The molecule has 1 unspecified atom stereocenters. The molecule has 0 spiro atoms. The molecular formula is C15H21NO4. The Bertz CT molecular complexity index is 428. The maximum absolute atomic E-state index is 11.6. The van der Waals surface area contributed by atoms with Gasteiger partial charge in [0.25, 0.3) is 0 Å². The van der Waals surface area contributed by atoms with Crippen molar-refractivity contribution in [1.29, 1.82) is 0 Å². The minimum atomic E-state index is -0.302. The van der Waals surface area contributed by atoms with Gasteiger partial charge in [-0.1, -0.05) is 12.1 Å². The number of ether oxygens (including phenoxy) is 2. The molecule has 0 heterocycles. The molecule has 1 aliphatic carbocycles. The first kappa shape index (κ1) is 14.8. The van der Waals surface area contributed by atoms with Crippen LogP contribution in [0.4, 0.5) is 0 Å². The largest absolute Gasteiger partial charge is 0.494 e. The normalized spacial score (nSPS) is 15.7. The van der Waals surface area contributed by atoms with E-state index in [0.717, 1.165) is 24.2 Å². The summed E-state index contributed by atoms with van der Waals surface area (Å²) in [5.41, 5.74) is 0.847. The summed E-state index contributed by atoms with van der Waals surface area (Å²) in [5.74, 6) is 0.494. The highest BCUT2D eigenvalue weighted by Gasteiger charge is 2.28. The van der Waals surface area contributed by atoms with Crippen LogP contribution in [0.25, 0.3) is 0 Å². The Balaban J connectivity index is 1.77. The zero-order valence-electron chi connectivity index (χ0n) is 11.7. The van der Waals surface area contributed by atoms with Gasteiger partial charge in [0, 0.05) is 12.5 Å². The lowest BCUT2D eigenvalue weighted by Crippen LogP contribution is -2.40. The van der Waals surface area contributed by atoms with Crippen LogP contribution in [0.2, 0.25) is 0 Å². The van der Waals surface area contributed by atoms with Crippen molar-refractivity contribution in [1.82, 2.24) is 5.32 Å². The molecule has 5 heteroatoms. The van der Waals surface area contributed by atoms with E-state index in [1.807, 2.05) is 24.3 Å². The maximum atomic E-state index is 11.6. The maximum Gasteiger partial charge on any atom is 0.322 e. The number of carbonyl (C=O) groups excluding carboxylic acids is 1. The Kier molecular flexibility index (Phi) is 5.38. The SMILES string of the molecule is COC(=O)C(CCOc1ccc(CO)cc1)NC1CC1. The predicted octanol–water partition coefficient (Wildman–Crippen LogP) is 1.24. The number of methoxy groups -OCH3 is 1. The molecule has 2 rings (SSSR count). The third-order valence-corrected chi connectivity index (χ3v) is 3.28. The lowest BCUT2D eigenvalue weighted by Gasteiger charge is -2.16. The van der Waals surface area contributed by atoms with Gasteiger partial charge in [-0.15, -0.1) is 0 Å². The summed E-state index contributed by atoms with van der Waals surface area (Å²) in [4.78, 5) is 11.6. The van der Waals surface area contributed by atoms with Crippen LogP contribution >= 0.6 is 0 Å². The van der Waals surface area contributed by atoms with Gasteiger partial charge >= 0.3 is 5.97 Å². The van der Waals surface area contributed by atoms with Gasteiger partial charge in [0.05, 0.1) is 20.3 Å². The van der Waals surface area contributed by atoms with Crippen molar-refractivity contribution in [2.45, 2.75) is 38.0 Å². The zero-order chi connectivity index (χ0) is 14.4. The van der Waals surface area contributed by atoms with Crippen LogP contribution in [0.3, 0.4) is 0 Å². The van der Waals surface area contributed by atoms with E-state index in [-0.39, 0.29) is 18.6 Å². The van der Waals surface area contributed by atoms with E-state index in [2.05, 4.69) is 5.32 Å². The number of hydrogen-bond donors (Lipinski definition) is 2. The van der Waals surface area contributed by atoms with E-state index >= 15 is 0 Å². The molecule has 110 valence electrons. The molecule has 0 aliphatic heterocycles. The number of nitrogens with one attached hydrogen (secondary N) is 1. The quantitative estimate of drug-likeness (QED) is 0.701. The summed E-state index contributed by atoms with van der Waals surface area (Å²) < 4.78 is 10.4. The van der Waals surface area contributed by atoms with Crippen molar-refractivity contribution in [3.8, 4) is 5.75 Å². The lowest BCUT2D eigenvalue weighted by molar-refractivity contribution is -0.143. The molecule has 20 heavy (non-hydrogen) atoms. The van der Waals surface area contributed by atoms with Crippen LogP contribution in [0.1, 0.15) is 24.8 Å². The molecule has 5 nitrogen and oxygen atoms in total. The third kappa shape index (κ3) is 4.51. The number of benzene rings is 1. The summed E-state index contributed by atoms with van der Waals surface area (Å²) in [6.45, 7) is 0.466. The minimum absolute atomic E-state index is 0.0238. The molecule has 1 aromatic rings. The lowest BCUT2D eigenvalue weighted by atomic mass is 10.2. The number of aliphatic hydroxyl groups is 1. The Morgan fingerprint density at radius 2 is 2.10 bits per heavy atom. The highest BCUT2D eigenvalue weighted by atomic mass is 16.5. The Labute approximate surface area is 118 Å². The van der Waals surface area contributed by atoms with Crippen LogP contribution in [-0.4, -0.2) is 36.9 Å². The third-order valence-electron chi connectivity index (χ3n) is 3.28. The van der Waals surface area contributed by atoms with E-state index in [1.54, 1.807) is 0 Å². The van der Waals surface area contributed by atoms with E-state index in [4.69, 9.17) is 14.6 Å². The number of rotatable bonds is 8. The van der Waals surface area contributed by atoms with Crippen molar-refractivity contribution in [3.63, 3.8) is 0 Å². The number of aliphatic hydroxyl groups excluding tert-OH is 1. The standard InChI is InChI=1S/C15H21NO4/c1-19-15(18)14(16-12-4-5-12)8-9-20-13-6-2-11(10-17)3-7-13/h2-3,6-7,12,14,16-17H,4-5,8-10H2,1H3. The minimum Gasteiger partial charge on any atom is -0.494 e. The van der Waals surface area contributed by atoms with Gasteiger partial charge in [0.15, 0.2) is 0 Å². The van der Waals surface area contributed by atoms with Crippen molar-refractivity contribution < 1.29 is 19.4 Å². The molecule has 0 radical (unpaired) electrons. The molecule has 0 bridgehead atoms. The second kappa shape index (κ2) is 7.26. The first-order chi connectivity index (χ1) is 9.72. The zero-order valence-corrected chi connectivity index (χ0v) is 11.7. The van der Waals surface area contributed by atoms with Crippen LogP contribution in [0.5, 0.6) is 5.75 Å². The Morgan fingerprint density at radius 1 is 1.40 bits per heavy atom. The van der Waals surface area contributed by atoms with Crippen LogP contribution in [0.15, 0.2) is 24.3 Å². The van der Waals surface area contributed by atoms with Gasteiger partial charge in [-0.05, 0) is 30.5 Å². The second-order valence-corrected chi connectivity index (χ2v) is 4.96. The fourth-order valence-corrected chi connectivity index (χ4v) is 1.93. The van der Waals surface area contributed by atoms with Crippen LogP contribution in [0, 0.1) is 0 Å². The molecule has 1 aromatic carbocycles. The Hall–Kier alpha value is -1.59. The van der Waals surface area contributed by atoms with Gasteiger partial charge in [-0.3, -0.25) is 4.79 Å². The monoisotopic (exact) mass is 279 g/mol. The van der Waals surface area contributed by atoms with E-state index in [0.29, 0.717) is 19.1 Å². The molecule has 1 fully saturated rings. The summed E-state index contributed by atoms with van der Waals surface area (Å²) in [6, 6.07) is 7.40. The molecule has 1 saturated carbocycles. The average molecular weight is 279 g/mol. The number of hydrogen-bond acceptors (Lipinski definition) is 5. The van der Waals surface area contributed by atoms with Crippen molar-refractivity contribution in [2.75, 3.05) is 13.7 Å². The number of esters is 1. The number of carbonyl (C=O) groups is 1. The summed E-state index contributed by atoms with van der Waals surface area (Å²) in [6.07, 6.45) is 2.82. The molecule has 0 aromatic heterocycles. The topological polar surface area (TPSA) is 67.8 Å². The average Bonchev–Trinajstić information content (AvgIpc) is 3.30. The van der Waals surface area contributed by atoms with Crippen molar-refractivity contribution >= 4 is 5.97 Å². The fourth-order valence-electron chi connectivity index (χ4n) is 1.93. The highest BCUT2D eigenvalue weighted by molar-refractivity contribution is 5.75. The molecule has 0 amide bonds. The fraction of sp³-hybridized carbons (Fsp3) is 0.533. The van der Waals surface area contributed by atoms with Crippen molar-refractivity contribution in [2.24, 2.45) is 0 Å². The summed E-state index contributed by atoms with van der Waals surface area (Å²) in [7, 11) is 1.40. The summed E-state index contributed by atoms with van der Waals surface area (Å²) in [5, 5.41) is 12.2. The van der Waals surface area contributed by atoms with Crippen LogP contribution in [-0.2, 0) is 16.1 Å². The Morgan fingerprint density at radius 3 is 2.65 bits per heavy atom. The van der Waals surface area contributed by atoms with Gasteiger partial charge in [0.2, 0.25) is 0 Å². The van der Waals surface area contributed by atoms with Gasteiger partial charge in [0.1, 0.15) is 11.8 Å². The van der Waals surface area contributed by atoms with Crippen molar-refractivity contribution in [3.05, 3.63) is 29.8 Å². The predicted molar refractivity (Wildman–Crippen MR) is 74.4 cm³/mol. The molecular weight excluding hydrogens is 258 g/mol. The first-order valence-corrected chi connectivity index (χ1v) is 6.89. The van der Waals surface area contributed by atoms with E-state index in [1.165, 1.54) is 7.11 Å². The second-order valence-electron chi connectivity index (χ2n) is 4.96. The van der Waals surface area contributed by atoms with Gasteiger partial charge in [-0.25, -0.2) is 0 Å². The van der Waals surface area contributed by atoms with Gasteiger partial charge in [-0.2, -0.15) is 0 Å². The summed E-state index contributed by atoms with van der Waals surface area (Å²) >= 11 is 0. The van der Waals surface area contributed by atoms with Gasteiger partial charge < -0.3 is 19.9 Å². The van der Waals surface area contributed by atoms with Crippen LogP contribution < -0.4 is 10.1 Å². The molecule has 0 saturated heterocycles.